The van der Waals surface area contributed by atoms with E-state index in [-0.39, 0.29) is 11.5 Å². The van der Waals surface area contributed by atoms with Crippen LogP contribution in [0.15, 0.2) is 18.2 Å². The van der Waals surface area contributed by atoms with Gasteiger partial charge in [0.25, 0.3) is 0 Å². The zero-order valence-corrected chi connectivity index (χ0v) is 13.2. The van der Waals surface area contributed by atoms with Crippen LogP contribution >= 0.6 is 0 Å². The molecule has 3 nitrogen and oxygen atoms in total. The van der Waals surface area contributed by atoms with Crippen molar-refractivity contribution in [3.05, 3.63) is 29.3 Å². The predicted molar refractivity (Wildman–Crippen MR) is 84.2 cm³/mol. The standard InChI is InChI=1S/C17H28N2O/c1-17(2,3)13-5-6-15(20-4)14(11-13)16(18)12-7-9-19-10-8-12/h5-6,11-12,16,19H,7-10,18H2,1-4H3. The molecule has 1 aromatic rings. The number of nitrogens with one attached hydrogen (secondary N) is 1. The zero-order valence-electron chi connectivity index (χ0n) is 13.2. The molecule has 112 valence electrons. The number of hydrogen-bond donors (Lipinski definition) is 2. The lowest BCUT2D eigenvalue weighted by molar-refractivity contribution is 0.313. The molecule has 1 saturated heterocycles. The molecule has 1 fully saturated rings. The third-order valence-electron chi connectivity index (χ3n) is 4.35. The van der Waals surface area contributed by atoms with E-state index >= 15 is 0 Å². The lowest BCUT2D eigenvalue weighted by Gasteiger charge is -2.30. The summed E-state index contributed by atoms with van der Waals surface area (Å²) in [6, 6.07) is 6.52. The van der Waals surface area contributed by atoms with Crippen LogP contribution in [0.1, 0.15) is 50.8 Å². The van der Waals surface area contributed by atoms with Gasteiger partial charge in [-0.05, 0) is 55.0 Å². The molecule has 1 aromatic carbocycles. The minimum absolute atomic E-state index is 0.0642. The van der Waals surface area contributed by atoms with E-state index in [1.54, 1.807) is 7.11 Å². The van der Waals surface area contributed by atoms with Crippen molar-refractivity contribution >= 4 is 0 Å². The molecule has 0 aliphatic carbocycles. The van der Waals surface area contributed by atoms with Gasteiger partial charge < -0.3 is 15.8 Å². The second-order valence-electron chi connectivity index (χ2n) is 6.82. The summed E-state index contributed by atoms with van der Waals surface area (Å²) in [6.07, 6.45) is 2.29. The minimum Gasteiger partial charge on any atom is -0.496 e. The zero-order chi connectivity index (χ0) is 14.8. The van der Waals surface area contributed by atoms with E-state index in [1.807, 2.05) is 0 Å². The summed E-state index contributed by atoms with van der Waals surface area (Å²) >= 11 is 0. The van der Waals surface area contributed by atoms with Crippen LogP contribution in [0.4, 0.5) is 0 Å². The molecule has 0 amide bonds. The molecule has 0 spiro atoms. The summed E-state index contributed by atoms with van der Waals surface area (Å²) in [4.78, 5) is 0. The smallest absolute Gasteiger partial charge is 0.123 e. The van der Waals surface area contributed by atoms with Crippen LogP contribution in [0, 0.1) is 5.92 Å². The Hall–Kier alpha value is -1.06. The number of hydrogen-bond acceptors (Lipinski definition) is 3. The molecule has 1 unspecified atom stereocenters. The van der Waals surface area contributed by atoms with E-state index < -0.39 is 0 Å². The maximum atomic E-state index is 6.55. The van der Waals surface area contributed by atoms with Gasteiger partial charge in [-0.2, -0.15) is 0 Å². The second-order valence-corrected chi connectivity index (χ2v) is 6.82. The van der Waals surface area contributed by atoms with Gasteiger partial charge in [-0.3, -0.25) is 0 Å². The van der Waals surface area contributed by atoms with Crippen molar-refractivity contribution in [1.29, 1.82) is 0 Å². The summed E-state index contributed by atoms with van der Waals surface area (Å²) in [5, 5.41) is 3.40. The Kier molecular flexibility index (Phi) is 4.71. The third-order valence-corrected chi connectivity index (χ3v) is 4.35. The van der Waals surface area contributed by atoms with Gasteiger partial charge in [-0.15, -0.1) is 0 Å². The van der Waals surface area contributed by atoms with Crippen molar-refractivity contribution in [1.82, 2.24) is 5.32 Å². The van der Waals surface area contributed by atoms with Crippen LogP contribution in [0.2, 0.25) is 0 Å². The Bertz CT molecular complexity index is 445. The fraction of sp³-hybridized carbons (Fsp3) is 0.647. The molecule has 0 aromatic heterocycles. The van der Waals surface area contributed by atoms with E-state index in [0.29, 0.717) is 5.92 Å². The maximum Gasteiger partial charge on any atom is 0.123 e. The number of methoxy groups -OCH3 is 1. The van der Waals surface area contributed by atoms with Crippen LogP contribution < -0.4 is 15.8 Å². The summed E-state index contributed by atoms with van der Waals surface area (Å²) in [5.41, 5.74) is 9.16. The third kappa shape index (κ3) is 3.33. The molecular formula is C17H28N2O. The van der Waals surface area contributed by atoms with Crippen LogP contribution in [-0.4, -0.2) is 20.2 Å². The highest BCUT2D eigenvalue weighted by molar-refractivity contribution is 5.41. The fourth-order valence-electron chi connectivity index (χ4n) is 2.92. The van der Waals surface area contributed by atoms with E-state index in [4.69, 9.17) is 10.5 Å². The first-order chi connectivity index (χ1) is 9.43. The normalized spacial score (nSPS) is 18.9. The number of rotatable bonds is 3. The van der Waals surface area contributed by atoms with Crippen molar-refractivity contribution in [2.24, 2.45) is 11.7 Å². The Morgan fingerprint density at radius 1 is 1.25 bits per heavy atom. The van der Waals surface area contributed by atoms with Gasteiger partial charge in [0.05, 0.1) is 7.11 Å². The van der Waals surface area contributed by atoms with Crippen LogP contribution in [0.3, 0.4) is 0 Å². The van der Waals surface area contributed by atoms with E-state index in [0.717, 1.165) is 37.2 Å². The Morgan fingerprint density at radius 2 is 1.90 bits per heavy atom. The summed E-state index contributed by atoms with van der Waals surface area (Å²) in [7, 11) is 1.73. The molecule has 3 heteroatoms. The molecule has 0 bridgehead atoms. The molecule has 1 aliphatic heterocycles. The van der Waals surface area contributed by atoms with Crippen molar-refractivity contribution in [2.45, 2.75) is 45.1 Å². The van der Waals surface area contributed by atoms with Gasteiger partial charge >= 0.3 is 0 Å². The molecule has 1 atom stereocenters. The average molecular weight is 276 g/mol. The van der Waals surface area contributed by atoms with Crippen molar-refractivity contribution in [3.63, 3.8) is 0 Å². The van der Waals surface area contributed by atoms with Gasteiger partial charge in [0.2, 0.25) is 0 Å². The van der Waals surface area contributed by atoms with Crippen LogP contribution in [0.25, 0.3) is 0 Å². The lowest BCUT2D eigenvalue weighted by atomic mass is 9.81. The SMILES string of the molecule is COc1ccc(C(C)(C)C)cc1C(N)C1CCNCC1. The second kappa shape index (κ2) is 6.15. The quantitative estimate of drug-likeness (QED) is 0.892. The largest absolute Gasteiger partial charge is 0.496 e. The lowest BCUT2D eigenvalue weighted by Crippen LogP contribution is -2.34. The van der Waals surface area contributed by atoms with Crippen molar-refractivity contribution < 1.29 is 4.74 Å². The highest BCUT2D eigenvalue weighted by Crippen LogP contribution is 2.35. The van der Waals surface area contributed by atoms with Gasteiger partial charge in [-0.25, -0.2) is 0 Å². The Morgan fingerprint density at radius 3 is 2.45 bits per heavy atom. The van der Waals surface area contributed by atoms with Crippen LogP contribution in [0.5, 0.6) is 5.75 Å². The topological polar surface area (TPSA) is 47.3 Å². The van der Waals surface area contributed by atoms with Gasteiger partial charge in [-0.1, -0.05) is 26.8 Å². The number of benzene rings is 1. The van der Waals surface area contributed by atoms with Crippen molar-refractivity contribution in [2.75, 3.05) is 20.2 Å². The Labute approximate surface area is 122 Å². The monoisotopic (exact) mass is 276 g/mol. The number of nitrogens with two attached hydrogens (primary N) is 1. The maximum absolute atomic E-state index is 6.55. The first-order valence-electron chi connectivity index (χ1n) is 7.58. The molecular weight excluding hydrogens is 248 g/mol. The Balaban J connectivity index is 2.32. The van der Waals surface area contributed by atoms with Crippen molar-refractivity contribution in [3.8, 4) is 5.75 Å². The van der Waals surface area contributed by atoms with Gasteiger partial charge in [0, 0.05) is 11.6 Å². The van der Waals surface area contributed by atoms with Gasteiger partial charge in [0.15, 0.2) is 0 Å². The molecule has 0 saturated carbocycles. The summed E-state index contributed by atoms with van der Waals surface area (Å²) < 4.78 is 5.53. The summed E-state index contributed by atoms with van der Waals surface area (Å²) in [5.74, 6) is 1.46. The van der Waals surface area contributed by atoms with E-state index in [2.05, 4.69) is 44.3 Å². The van der Waals surface area contributed by atoms with Gasteiger partial charge in [0.1, 0.15) is 5.75 Å². The first kappa shape index (κ1) is 15.3. The van der Waals surface area contributed by atoms with E-state index in [9.17, 15) is 0 Å². The molecule has 1 aliphatic rings. The highest BCUT2D eigenvalue weighted by atomic mass is 16.5. The predicted octanol–water partition coefficient (Wildman–Crippen LogP) is 2.99. The average Bonchev–Trinajstić information content (AvgIpc) is 2.45. The highest BCUT2D eigenvalue weighted by Gasteiger charge is 2.25. The molecule has 2 rings (SSSR count). The first-order valence-corrected chi connectivity index (χ1v) is 7.58. The summed E-state index contributed by atoms with van der Waals surface area (Å²) in [6.45, 7) is 8.83. The molecule has 20 heavy (non-hydrogen) atoms. The number of piperidine rings is 1. The number of ether oxygens (including phenoxy) is 1. The molecule has 1 heterocycles. The fourth-order valence-corrected chi connectivity index (χ4v) is 2.92. The molecule has 0 radical (unpaired) electrons. The minimum atomic E-state index is 0.0642. The van der Waals surface area contributed by atoms with Crippen LogP contribution in [-0.2, 0) is 5.41 Å². The molecule has 3 N–H and O–H groups in total. The van der Waals surface area contributed by atoms with E-state index in [1.165, 1.54) is 5.56 Å².